The maximum absolute atomic E-state index is 5.96. The molecule has 0 aliphatic carbocycles. The van der Waals surface area contributed by atoms with Gasteiger partial charge in [-0.05, 0) is 18.6 Å². The summed E-state index contributed by atoms with van der Waals surface area (Å²) in [4.78, 5) is 7.93. The van der Waals surface area contributed by atoms with Crippen molar-refractivity contribution in [3.63, 3.8) is 0 Å². The summed E-state index contributed by atoms with van der Waals surface area (Å²) in [5, 5.41) is 0. The van der Waals surface area contributed by atoms with E-state index in [4.69, 9.17) is 15.2 Å². The highest BCUT2D eigenvalue weighted by Gasteiger charge is 2.12. The van der Waals surface area contributed by atoms with Gasteiger partial charge in [-0.25, -0.2) is 4.98 Å². The zero-order valence-electron chi connectivity index (χ0n) is 12.2. The number of methoxy groups -OCH3 is 2. The quantitative estimate of drug-likeness (QED) is 0.724. The number of H-pyrrole nitrogens is 1. The van der Waals surface area contributed by atoms with E-state index in [1.165, 1.54) is 0 Å². The Morgan fingerprint density at radius 2 is 1.81 bits per heavy atom. The van der Waals surface area contributed by atoms with Crippen LogP contribution in [0.1, 0.15) is 5.56 Å². The molecule has 0 saturated heterocycles. The molecule has 0 radical (unpaired) electrons. The standard InChI is InChI=1S/C16H17N3O2/c1-9-10(5-4-6-11(9)17)16-18-12-7-14(20-2)15(21-3)8-13(12)19-16/h4-8H,17H2,1-3H3,(H,18,19). The lowest BCUT2D eigenvalue weighted by atomic mass is 10.1. The number of imidazole rings is 1. The molecular formula is C16H17N3O2. The van der Waals surface area contributed by atoms with Crippen LogP contribution in [0.5, 0.6) is 11.5 Å². The van der Waals surface area contributed by atoms with Crippen LogP contribution in [0.4, 0.5) is 5.69 Å². The number of nitrogen functional groups attached to an aromatic ring is 1. The van der Waals surface area contributed by atoms with Gasteiger partial charge in [0.2, 0.25) is 0 Å². The number of aromatic nitrogens is 2. The first-order chi connectivity index (χ1) is 10.1. The van der Waals surface area contributed by atoms with Gasteiger partial charge >= 0.3 is 0 Å². The summed E-state index contributed by atoms with van der Waals surface area (Å²) in [5.74, 6) is 2.11. The molecule has 0 spiro atoms. The van der Waals surface area contributed by atoms with Crippen molar-refractivity contribution in [3.05, 3.63) is 35.9 Å². The highest BCUT2D eigenvalue weighted by atomic mass is 16.5. The Bertz CT molecular complexity index is 768. The Labute approximate surface area is 122 Å². The van der Waals surface area contributed by atoms with Crippen LogP contribution in [-0.2, 0) is 0 Å². The zero-order chi connectivity index (χ0) is 15.0. The van der Waals surface area contributed by atoms with Crippen molar-refractivity contribution in [2.24, 2.45) is 0 Å². The largest absolute Gasteiger partial charge is 0.493 e. The smallest absolute Gasteiger partial charge is 0.163 e. The number of nitrogens with two attached hydrogens (primary N) is 1. The monoisotopic (exact) mass is 283 g/mol. The second kappa shape index (κ2) is 5.01. The Balaban J connectivity index is 2.19. The lowest BCUT2D eigenvalue weighted by Crippen LogP contribution is -1.92. The SMILES string of the molecule is COc1cc2nc(-c3cccc(N)c3C)[nH]c2cc1OC. The highest BCUT2D eigenvalue weighted by Crippen LogP contribution is 2.33. The van der Waals surface area contributed by atoms with Gasteiger partial charge in [-0.2, -0.15) is 0 Å². The average molecular weight is 283 g/mol. The predicted octanol–water partition coefficient (Wildman–Crippen LogP) is 3.14. The predicted molar refractivity (Wildman–Crippen MR) is 83.8 cm³/mol. The first-order valence-corrected chi connectivity index (χ1v) is 6.61. The number of aromatic amines is 1. The molecule has 3 rings (SSSR count). The molecule has 5 heteroatoms. The van der Waals surface area contributed by atoms with Crippen LogP contribution < -0.4 is 15.2 Å². The van der Waals surface area contributed by atoms with Gasteiger partial charge in [0.05, 0.1) is 25.3 Å². The van der Waals surface area contributed by atoms with Crippen LogP contribution in [0.15, 0.2) is 30.3 Å². The van der Waals surface area contributed by atoms with Gasteiger partial charge in [0.15, 0.2) is 11.5 Å². The Morgan fingerprint density at radius 3 is 2.52 bits per heavy atom. The summed E-state index contributed by atoms with van der Waals surface area (Å²) in [5.41, 5.74) is 10.4. The fraction of sp³-hybridized carbons (Fsp3) is 0.188. The van der Waals surface area contributed by atoms with Crippen molar-refractivity contribution in [3.8, 4) is 22.9 Å². The molecule has 21 heavy (non-hydrogen) atoms. The van der Waals surface area contributed by atoms with Gasteiger partial charge in [0, 0.05) is 23.4 Å². The molecule has 3 aromatic rings. The van der Waals surface area contributed by atoms with Crippen molar-refractivity contribution < 1.29 is 9.47 Å². The third kappa shape index (κ3) is 2.16. The molecule has 3 N–H and O–H groups in total. The van der Waals surface area contributed by atoms with Crippen molar-refractivity contribution in [1.29, 1.82) is 0 Å². The lowest BCUT2D eigenvalue weighted by molar-refractivity contribution is 0.356. The van der Waals surface area contributed by atoms with Crippen LogP contribution in [0.3, 0.4) is 0 Å². The summed E-state index contributed by atoms with van der Waals surface area (Å²) in [7, 11) is 3.22. The fourth-order valence-electron chi connectivity index (χ4n) is 2.37. The van der Waals surface area contributed by atoms with E-state index in [2.05, 4.69) is 9.97 Å². The maximum atomic E-state index is 5.96. The molecule has 1 heterocycles. The van der Waals surface area contributed by atoms with Crippen molar-refractivity contribution in [2.75, 3.05) is 20.0 Å². The number of ether oxygens (including phenoxy) is 2. The Kier molecular flexibility index (Phi) is 3.17. The molecular weight excluding hydrogens is 266 g/mol. The van der Waals surface area contributed by atoms with E-state index in [0.29, 0.717) is 11.5 Å². The Hall–Kier alpha value is -2.69. The summed E-state index contributed by atoms with van der Waals surface area (Å²) < 4.78 is 10.6. The third-order valence-electron chi connectivity index (χ3n) is 3.62. The van der Waals surface area contributed by atoms with Gasteiger partial charge in [-0.1, -0.05) is 12.1 Å². The molecule has 0 bridgehead atoms. The minimum absolute atomic E-state index is 0.660. The minimum atomic E-state index is 0.660. The number of fused-ring (bicyclic) bond motifs is 1. The summed E-state index contributed by atoms with van der Waals surface area (Å²) in [6.45, 7) is 1.99. The summed E-state index contributed by atoms with van der Waals surface area (Å²) >= 11 is 0. The molecule has 108 valence electrons. The number of hydrogen-bond acceptors (Lipinski definition) is 4. The fourth-order valence-corrected chi connectivity index (χ4v) is 2.37. The topological polar surface area (TPSA) is 73.2 Å². The molecule has 0 saturated carbocycles. The second-order valence-corrected chi connectivity index (χ2v) is 4.83. The number of anilines is 1. The maximum Gasteiger partial charge on any atom is 0.163 e. The van der Waals surface area contributed by atoms with E-state index in [-0.39, 0.29) is 0 Å². The molecule has 0 aliphatic heterocycles. The first kappa shape index (κ1) is 13.3. The van der Waals surface area contributed by atoms with Crippen molar-refractivity contribution >= 4 is 16.7 Å². The number of rotatable bonds is 3. The number of nitrogens with zero attached hydrogens (tertiary/aromatic N) is 1. The molecule has 0 amide bonds. The number of benzene rings is 2. The second-order valence-electron chi connectivity index (χ2n) is 4.83. The van der Waals surface area contributed by atoms with E-state index in [1.54, 1.807) is 14.2 Å². The van der Waals surface area contributed by atoms with E-state index >= 15 is 0 Å². The van der Waals surface area contributed by atoms with E-state index < -0.39 is 0 Å². The van der Waals surface area contributed by atoms with Gasteiger partial charge in [-0.15, -0.1) is 0 Å². The molecule has 0 fully saturated rings. The van der Waals surface area contributed by atoms with E-state index in [9.17, 15) is 0 Å². The van der Waals surface area contributed by atoms with Crippen LogP contribution in [-0.4, -0.2) is 24.2 Å². The minimum Gasteiger partial charge on any atom is -0.493 e. The third-order valence-corrected chi connectivity index (χ3v) is 3.62. The van der Waals surface area contributed by atoms with Crippen molar-refractivity contribution in [1.82, 2.24) is 9.97 Å². The van der Waals surface area contributed by atoms with Gasteiger partial charge < -0.3 is 20.2 Å². The van der Waals surface area contributed by atoms with Crippen LogP contribution in [0.2, 0.25) is 0 Å². The van der Waals surface area contributed by atoms with Crippen molar-refractivity contribution in [2.45, 2.75) is 6.92 Å². The van der Waals surface area contributed by atoms with Crippen LogP contribution in [0.25, 0.3) is 22.4 Å². The number of hydrogen-bond donors (Lipinski definition) is 2. The number of nitrogens with one attached hydrogen (secondary N) is 1. The molecule has 0 aliphatic rings. The molecule has 1 aromatic heterocycles. The molecule has 0 atom stereocenters. The Morgan fingerprint density at radius 1 is 1.10 bits per heavy atom. The molecule has 5 nitrogen and oxygen atoms in total. The van der Waals surface area contributed by atoms with E-state index in [0.717, 1.165) is 33.7 Å². The van der Waals surface area contributed by atoms with E-state index in [1.807, 2.05) is 37.3 Å². The summed E-state index contributed by atoms with van der Waals surface area (Å²) in [6.07, 6.45) is 0. The molecule has 0 unspecified atom stereocenters. The van der Waals surface area contributed by atoms with Gasteiger partial charge in [-0.3, -0.25) is 0 Å². The average Bonchev–Trinajstić information content (AvgIpc) is 2.90. The molecule has 2 aromatic carbocycles. The zero-order valence-corrected chi connectivity index (χ0v) is 12.2. The van der Waals surface area contributed by atoms with Gasteiger partial charge in [0.25, 0.3) is 0 Å². The highest BCUT2D eigenvalue weighted by molar-refractivity contribution is 5.84. The lowest BCUT2D eigenvalue weighted by Gasteiger charge is -2.06. The van der Waals surface area contributed by atoms with Crippen LogP contribution in [0, 0.1) is 6.92 Å². The first-order valence-electron chi connectivity index (χ1n) is 6.61. The normalized spacial score (nSPS) is 10.8. The summed E-state index contributed by atoms with van der Waals surface area (Å²) in [6, 6.07) is 9.54. The van der Waals surface area contributed by atoms with Crippen LogP contribution >= 0.6 is 0 Å². The van der Waals surface area contributed by atoms with Gasteiger partial charge in [0.1, 0.15) is 5.82 Å².